The van der Waals surface area contributed by atoms with E-state index in [1.807, 2.05) is 16.7 Å². The number of aromatic nitrogens is 5. The number of fused-ring (bicyclic) bond motifs is 1. The van der Waals surface area contributed by atoms with Gasteiger partial charge in [0.2, 0.25) is 0 Å². The molecule has 1 aliphatic heterocycles. The second kappa shape index (κ2) is 7.49. The lowest BCUT2D eigenvalue weighted by molar-refractivity contribution is 0.424. The van der Waals surface area contributed by atoms with Crippen molar-refractivity contribution < 1.29 is 0 Å². The van der Waals surface area contributed by atoms with Gasteiger partial charge in [0.1, 0.15) is 11.5 Å². The van der Waals surface area contributed by atoms with Crippen LogP contribution in [-0.2, 0) is 0 Å². The molecule has 1 saturated carbocycles. The average Bonchev–Trinajstić information content (AvgIpc) is 3.55. The van der Waals surface area contributed by atoms with Crippen LogP contribution in [0.2, 0.25) is 0 Å². The van der Waals surface area contributed by atoms with Gasteiger partial charge in [0.05, 0.1) is 24.1 Å². The molecule has 0 radical (unpaired) electrons. The van der Waals surface area contributed by atoms with Gasteiger partial charge in [-0.15, -0.1) is 0 Å². The summed E-state index contributed by atoms with van der Waals surface area (Å²) < 4.78 is 2.04. The summed E-state index contributed by atoms with van der Waals surface area (Å²) in [4.78, 5) is 20.7. The predicted octanol–water partition coefficient (Wildman–Crippen LogP) is 1.72. The number of anilines is 1. The van der Waals surface area contributed by atoms with Crippen molar-refractivity contribution >= 4 is 17.7 Å². The highest BCUT2D eigenvalue weighted by molar-refractivity contribution is 5.78. The third kappa shape index (κ3) is 3.21. The van der Waals surface area contributed by atoms with Crippen LogP contribution in [0.1, 0.15) is 31.4 Å². The van der Waals surface area contributed by atoms with Gasteiger partial charge in [-0.1, -0.05) is 0 Å². The Labute approximate surface area is 174 Å². The Morgan fingerprint density at radius 2 is 2.13 bits per heavy atom. The number of rotatable bonds is 5. The molecule has 0 aromatic carbocycles. The standard InChI is InChI=1S/C21H25N9/c1-13-20(15(8-22)9-23)24-6-7-29(13)18-4-5-25-21(28-18)17-10-27-19-11-26-16(12-30(17)19)14-2-3-14/h4-5,8-14,20,22,24H,2-3,6-7,23H2,1H3/b15-9+,22-8?. The van der Waals surface area contributed by atoms with Crippen LogP contribution in [0.5, 0.6) is 0 Å². The molecular formula is C21H25N9. The fraction of sp³-hybridized carbons (Fsp3) is 0.381. The summed E-state index contributed by atoms with van der Waals surface area (Å²) in [6, 6.07) is 1.99. The van der Waals surface area contributed by atoms with Gasteiger partial charge in [0.15, 0.2) is 11.5 Å². The molecule has 2 fully saturated rings. The lowest BCUT2D eigenvalue weighted by Gasteiger charge is -2.41. The molecule has 9 nitrogen and oxygen atoms in total. The van der Waals surface area contributed by atoms with Gasteiger partial charge in [0, 0.05) is 55.4 Å². The summed E-state index contributed by atoms with van der Waals surface area (Å²) in [5.41, 5.74) is 9.25. The van der Waals surface area contributed by atoms with Crippen molar-refractivity contribution in [2.45, 2.75) is 37.8 Å². The van der Waals surface area contributed by atoms with Gasteiger partial charge in [-0.25, -0.2) is 15.0 Å². The number of piperazine rings is 1. The van der Waals surface area contributed by atoms with Gasteiger partial charge >= 0.3 is 0 Å². The van der Waals surface area contributed by atoms with Crippen molar-refractivity contribution in [1.82, 2.24) is 29.7 Å². The summed E-state index contributed by atoms with van der Waals surface area (Å²) >= 11 is 0. The van der Waals surface area contributed by atoms with E-state index in [0.717, 1.165) is 41.5 Å². The minimum absolute atomic E-state index is 0.0253. The van der Waals surface area contributed by atoms with Crippen molar-refractivity contribution in [1.29, 1.82) is 5.41 Å². The van der Waals surface area contributed by atoms with Gasteiger partial charge in [-0.05, 0) is 25.8 Å². The third-order valence-corrected chi connectivity index (χ3v) is 5.99. The number of imidazole rings is 1. The topological polar surface area (TPSA) is 121 Å². The average molecular weight is 403 g/mol. The molecule has 4 heterocycles. The van der Waals surface area contributed by atoms with Crippen LogP contribution in [0.4, 0.5) is 5.82 Å². The van der Waals surface area contributed by atoms with Gasteiger partial charge in [0.25, 0.3) is 0 Å². The van der Waals surface area contributed by atoms with Crippen molar-refractivity contribution in [3.05, 3.63) is 48.3 Å². The Hall–Kier alpha value is -3.33. The summed E-state index contributed by atoms with van der Waals surface area (Å²) in [6.07, 6.45) is 12.7. The van der Waals surface area contributed by atoms with Crippen molar-refractivity contribution in [3.8, 4) is 11.5 Å². The van der Waals surface area contributed by atoms with Gasteiger partial charge in [-0.3, -0.25) is 9.38 Å². The largest absolute Gasteiger partial charge is 0.404 e. The Bertz CT molecular complexity index is 1110. The number of nitrogens with one attached hydrogen (secondary N) is 2. The van der Waals surface area contributed by atoms with E-state index in [1.165, 1.54) is 25.3 Å². The molecule has 0 bridgehead atoms. The molecule has 30 heavy (non-hydrogen) atoms. The Morgan fingerprint density at radius 1 is 1.27 bits per heavy atom. The number of nitrogens with two attached hydrogens (primary N) is 1. The molecule has 3 aromatic rings. The minimum atomic E-state index is -0.0253. The van der Waals surface area contributed by atoms with E-state index in [-0.39, 0.29) is 12.1 Å². The fourth-order valence-corrected chi connectivity index (χ4v) is 4.15. The molecule has 3 aromatic heterocycles. The van der Waals surface area contributed by atoms with E-state index in [1.54, 1.807) is 12.4 Å². The maximum absolute atomic E-state index is 7.64. The minimum Gasteiger partial charge on any atom is -0.404 e. The van der Waals surface area contributed by atoms with Gasteiger partial charge < -0.3 is 21.4 Å². The molecule has 2 aliphatic rings. The highest BCUT2D eigenvalue weighted by Gasteiger charge is 2.31. The lowest BCUT2D eigenvalue weighted by atomic mass is 9.98. The van der Waals surface area contributed by atoms with Crippen molar-refractivity contribution in [3.63, 3.8) is 0 Å². The van der Waals surface area contributed by atoms with Crippen LogP contribution >= 0.6 is 0 Å². The van der Waals surface area contributed by atoms with Crippen LogP contribution in [0.3, 0.4) is 0 Å². The van der Waals surface area contributed by atoms with Crippen LogP contribution in [0.25, 0.3) is 17.2 Å². The Morgan fingerprint density at radius 3 is 2.90 bits per heavy atom. The summed E-state index contributed by atoms with van der Waals surface area (Å²) in [5, 5.41) is 11.1. The van der Waals surface area contributed by atoms with E-state index < -0.39 is 0 Å². The van der Waals surface area contributed by atoms with Crippen LogP contribution in [-0.4, -0.2) is 55.7 Å². The van der Waals surface area contributed by atoms with E-state index >= 15 is 0 Å². The van der Waals surface area contributed by atoms with Crippen LogP contribution in [0.15, 0.2) is 42.6 Å². The summed E-state index contributed by atoms with van der Waals surface area (Å²) in [5.74, 6) is 2.05. The third-order valence-electron chi connectivity index (χ3n) is 5.99. The summed E-state index contributed by atoms with van der Waals surface area (Å²) in [7, 11) is 0. The molecule has 2 unspecified atom stereocenters. The fourth-order valence-electron chi connectivity index (χ4n) is 4.15. The van der Waals surface area contributed by atoms with Crippen molar-refractivity contribution in [2.75, 3.05) is 18.0 Å². The molecule has 1 saturated heterocycles. The normalized spacial score (nSPS) is 22.4. The Balaban J connectivity index is 1.49. The Kier molecular flexibility index (Phi) is 4.66. The molecule has 2 atom stereocenters. The van der Waals surface area contributed by atoms with Gasteiger partial charge in [-0.2, -0.15) is 0 Å². The highest BCUT2D eigenvalue weighted by atomic mass is 15.3. The molecule has 0 amide bonds. The molecule has 1 aliphatic carbocycles. The van der Waals surface area contributed by atoms with E-state index in [0.29, 0.717) is 11.7 Å². The monoisotopic (exact) mass is 403 g/mol. The zero-order chi connectivity index (χ0) is 20.7. The maximum atomic E-state index is 7.64. The highest BCUT2D eigenvalue weighted by Crippen LogP contribution is 2.39. The van der Waals surface area contributed by atoms with E-state index in [4.69, 9.17) is 16.1 Å². The zero-order valence-electron chi connectivity index (χ0n) is 16.9. The first-order valence-electron chi connectivity index (χ1n) is 10.3. The first kappa shape index (κ1) is 18.7. The van der Waals surface area contributed by atoms with E-state index in [2.05, 4.69) is 38.3 Å². The molecule has 154 valence electrons. The predicted molar refractivity (Wildman–Crippen MR) is 116 cm³/mol. The van der Waals surface area contributed by atoms with Crippen molar-refractivity contribution in [2.24, 2.45) is 5.73 Å². The molecule has 0 spiro atoms. The molecular weight excluding hydrogens is 378 g/mol. The molecule has 5 rings (SSSR count). The van der Waals surface area contributed by atoms with Crippen LogP contribution < -0.4 is 16.0 Å². The number of hydrogen-bond donors (Lipinski definition) is 3. The number of hydrogen-bond acceptors (Lipinski definition) is 8. The number of nitrogens with zero attached hydrogens (tertiary/aromatic N) is 6. The zero-order valence-corrected chi connectivity index (χ0v) is 16.9. The lowest BCUT2D eigenvalue weighted by Crippen LogP contribution is -2.58. The molecule has 9 heteroatoms. The van der Waals surface area contributed by atoms with Crippen LogP contribution in [0, 0.1) is 5.41 Å². The van der Waals surface area contributed by atoms with E-state index in [9.17, 15) is 0 Å². The second-order valence-electron chi connectivity index (χ2n) is 7.87. The first-order chi connectivity index (χ1) is 14.7. The SMILES string of the molecule is CC1C(/C(C=N)=C/N)NCCN1c1ccnc(-c2cnc3cnc(C4CC4)cn23)n1. The molecule has 4 N–H and O–H groups in total. The maximum Gasteiger partial charge on any atom is 0.180 e. The summed E-state index contributed by atoms with van der Waals surface area (Å²) in [6.45, 7) is 3.71. The quantitative estimate of drug-likeness (QED) is 0.555. The second-order valence-corrected chi connectivity index (χ2v) is 7.87. The first-order valence-corrected chi connectivity index (χ1v) is 10.3. The smallest absolute Gasteiger partial charge is 0.180 e.